The second-order valence-corrected chi connectivity index (χ2v) is 9.41. The van der Waals surface area contributed by atoms with Gasteiger partial charge in [-0.2, -0.15) is 5.10 Å². The molecule has 0 unspecified atom stereocenters. The van der Waals surface area contributed by atoms with Crippen molar-refractivity contribution in [1.82, 2.24) is 5.43 Å². The summed E-state index contributed by atoms with van der Waals surface area (Å²) < 4.78 is 38.4. The zero-order chi connectivity index (χ0) is 24.6. The predicted octanol–water partition coefficient (Wildman–Crippen LogP) is 3.83. The summed E-state index contributed by atoms with van der Waals surface area (Å²) in [6, 6.07) is 21.6. The van der Waals surface area contributed by atoms with E-state index in [0.717, 1.165) is 15.6 Å². The first-order chi connectivity index (χ1) is 16.3. The third-order valence-electron chi connectivity index (χ3n) is 4.63. The monoisotopic (exact) mass is 481 g/mol. The Bertz CT molecular complexity index is 1210. The minimum atomic E-state index is -3.99. The highest BCUT2D eigenvalue weighted by Crippen LogP contribution is 2.25. The fraction of sp³-hybridized carbons (Fsp3) is 0.200. The van der Waals surface area contributed by atoms with Gasteiger partial charge in [0.15, 0.2) is 0 Å². The number of hydrazone groups is 1. The molecule has 1 amide bonds. The van der Waals surface area contributed by atoms with Gasteiger partial charge in [-0.3, -0.25) is 9.10 Å². The van der Waals surface area contributed by atoms with E-state index in [-0.39, 0.29) is 11.0 Å². The van der Waals surface area contributed by atoms with Crippen molar-refractivity contribution in [3.8, 4) is 11.5 Å². The van der Waals surface area contributed by atoms with Crippen molar-refractivity contribution in [3.63, 3.8) is 0 Å². The van der Waals surface area contributed by atoms with E-state index in [4.69, 9.17) is 9.47 Å². The average Bonchev–Trinajstić information content (AvgIpc) is 2.84. The number of anilines is 1. The zero-order valence-electron chi connectivity index (χ0n) is 19.2. The van der Waals surface area contributed by atoms with Crippen LogP contribution in [0.1, 0.15) is 19.4 Å². The molecule has 0 fully saturated rings. The number of nitrogens with zero attached hydrogens (tertiary/aromatic N) is 2. The van der Waals surface area contributed by atoms with Gasteiger partial charge < -0.3 is 9.47 Å². The maximum absolute atomic E-state index is 13.3. The van der Waals surface area contributed by atoms with Gasteiger partial charge in [-0.05, 0) is 80.1 Å². The fourth-order valence-corrected chi connectivity index (χ4v) is 4.47. The molecule has 178 valence electrons. The van der Waals surface area contributed by atoms with Crippen molar-refractivity contribution in [1.29, 1.82) is 0 Å². The minimum Gasteiger partial charge on any atom is -0.497 e. The number of ether oxygens (including phenoxy) is 2. The maximum Gasteiger partial charge on any atom is 0.264 e. The van der Waals surface area contributed by atoms with Crippen LogP contribution in [0, 0.1) is 0 Å². The minimum absolute atomic E-state index is 0.0691. The number of hydrogen-bond donors (Lipinski definition) is 1. The van der Waals surface area contributed by atoms with Crippen LogP contribution in [0.4, 0.5) is 5.69 Å². The van der Waals surface area contributed by atoms with Crippen LogP contribution < -0.4 is 19.2 Å². The Kier molecular flexibility index (Phi) is 8.26. The second kappa shape index (κ2) is 11.3. The number of sulfonamides is 1. The summed E-state index contributed by atoms with van der Waals surface area (Å²) >= 11 is 0. The Hall–Kier alpha value is -3.85. The van der Waals surface area contributed by atoms with Crippen molar-refractivity contribution in [3.05, 3.63) is 84.4 Å². The van der Waals surface area contributed by atoms with Gasteiger partial charge in [0.05, 0.1) is 30.0 Å². The molecule has 0 heterocycles. The summed E-state index contributed by atoms with van der Waals surface area (Å²) in [6.07, 6.45) is 1.54. The van der Waals surface area contributed by atoms with Crippen molar-refractivity contribution in [2.75, 3.05) is 18.0 Å². The van der Waals surface area contributed by atoms with E-state index in [9.17, 15) is 13.2 Å². The summed E-state index contributed by atoms with van der Waals surface area (Å²) in [5, 5.41) is 3.95. The molecule has 0 aliphatic carbocycles. The highest BCUT2D eigenvalue weighted by Gasteiger charge is 2.27. The van der Waals surface area contributed by atoms with E-state index < -0.39 is 22.5 Å². The lowest BCUT2D eigenvalue weighted by Crippen LogP contribution is -2.39. The topological polar surface area (TPSA) is 97.3 Å². The smallest absolute Gasteiger partial charge is 0.264 e. The van der Waals surface area contributed by atoms with Gasteiger partial charge in [0.2, 0.25) is 0 Å². The largest absolute Gasteiger partial charge is 0.497 e. The first-order valence-corrected chi connectivity index (χ1v) is 12.0. The van der Waals surface area contributed by atoms with E-state index in [1.165, 1.54) is 25.5 Å². The molecule has 3 aromatic carbocycles. The highest BCUT2D eigenvalue weighted by molar-refractivity contribution is 7.92. The summed E-state index contributed by atoms with van der Waals surface area (Å²) in [5.74, 6) is 0.712. The van der Waals surface area contributed by atoms with Crippen LogP contribution in [0.25, 0.3) is 0 Å². The molecule has 0 atom stereocenters. The lowest BCUT2D eigenvalue weighted by Gasteiger charge is -2.23. The SMILES string of the molecule is COc1ccc(N(CC(=O)N/N=C\c2ccc(OC(C)C)cc2)S(=O)(=O)c2ccccc2)cc1. The number of rotatable bonds is 10. The molecule has 0 saturated carbocycles. The van der Waals surface area contributed by atoms with Crippen molar-refractivity contribution >= 4 is 27.8 Å². The molecular weight excluding hydrogens is 454 g/mol. The second-order valence-electron chi connectivity index (χ2n) is 7.55. The molecule has 0 radical (unpaired) electrons. The molecule has 9 heteroatoms. The number of benzene rings is 3. The molecule has 34 heavy (non-hydrogen) atoms. The quantitative estimate of drug-likeness (QED) is 0.351. The lowest BCUT2D eigenvalue weighted by molar-refractivity contribution is -0.119. The Labute approximate surface area is 199 Å². The number of carbonyl (C=O) groups is 1. The maximum atomic E-state index is 13.3. The van der Waals surface area contributed by atoms with Gasteiger partial charge in [0, 0.05) is 0 Å². The molecule has 3 aromatic rings. The third-order valence-corrected chi connectivity index (χ3v) is 6.42. The Morgan fingerprint density at radius 1 is 0.971 bits per heavy atom. The predicted molar refractivity (Wildman–Crippen MR) is 132 cm³/mol. The van der Waals surface area contributed by atoms with E-state index in [2.05, 4.69) is 10.5 Å². The van der Waals surface area contributed by atoms with Gasteiger partial charge in [-0.25, -0.2) is 13.8 Å². The molecule has 0 saturated heterocycles. The van der Waals surface area contributed by atoms with E-state index in [0.29, 0.717) is 11.4 Å². The molecule has 0 aliphatic rings. The summed E-state index contributed by atoms with van der Waals surface area (Å²) in [6.45, 7) is 3.43. The van der Waals surface area contributed by atoms with Crippen LogP contribution in [0.2, 0.25) is 0 Å². The van der Waals surface area contributed by atoms with Crippen molar-refractivity contribution in [2.24, 2.45) is 5.10 Å². The summed E-state index contributed by atoms with van der Waals surface area (Å²) in [5.41, 5.74) is 3.47. The Balaban J connectivity index is 1.75. The third kappa shape index (κ3) is 6.58. The van der Waals surface area contributed by atoms with Crippen molar-refractivity contribution in [2.45, 2.75) is 24.8 Å². The van der Waals surface area contributed by atoms with Crippen LogP contribution in [0.5, 0.6) is 11.5 Å². The molecule has 1 N–H and O–H groups in total. The summed E-state index contributed by atoms with van der Waals surface area (Å²) in [7, 11) is -2.48. The van der Waals surface area contributed by atoms with Gasteiger partial charge in [-0.15, -0.1) is 0 Å². The van der Waals surface area contributed by atoms with Gasteiger partial charge in [-0.1, -0.05) is 18.2 Å². The number of hydrogen-bond acceptors (Lipinski definition) is 6. The number of nitrogens with one attached hydrogen (secondary N) is 1. The molecule has 8 nitrogen and oxygen atoms in total. The molecule has 3 rings (SSSR count). The molecule has 0 aromatic heterocycles. The summed E-state index contributed by atoms with van der Waals surface area (Å²) in [4.78, 5) is 12.7. The van der Waals surface area contributed by atoms with Gasteiger partial charge >= 0.3 is 0 Å². The molecular formula is C25H27N3O5S. The average molecular weight is 482 g/mol. The number of carbonyl (C=O) groups excluding carboxylic acids is 1. The van der Waals surface area contributed by atoms with E-state index in [1.807, 2.05) is 13.8 Å². The highest BCUT2D eigenvalue weighted by atomic mass is 32.2. The first-order valence-electron chi connectivity index (χ1n) is 10.6. The Morgan fingerprint density at radius 2 is 1.59 bits per heavy atom. The number of methoxy groups -OCH3 is 1. The molecule has 0 bridgehead atoms. The zero-order valence-corrected chi connectivity index (χ0v) is 20.0. The van der Waals surface area contributed by atoms with Crippen molar-refractivity contribution < 1.29 is 22.7 Å². The first kappa shape index (κ1) is 24.8. The normalized spacial score (nSPS) is 11.4. The van der Waals surface area contributed by atoms with Crippen LogP contribution in [-0.2, 0) is 14.8 Å². The molecule has 0 aliphatic heterocycles. The van der Waals surface area contributed by atoms with E-state index >= 15 is 0 Å². The molecule has 0 spiro atoms. The van der Waals surface area contributed by atoms with Crippen LogP contribution in [0.15, 0.2) is 88.9 Å². The number of amides is 1. The van der Waals surface area contributed by atoms with Crippen LogP contribution in [-0.4, -0.2) is 40.3 Å². The van der Waals surface area contributed by atoms with Crippen LogP contribution >= 0.6 is 0 Å². The van der Waals surface area contributed by atoms with E-state index in [1.54, 1.807) is 66.7 Å². The van der Waals surface area contributed by atoms with Gasteiger partial charge in [0.1, 0.15) is 18.0 Å². The fourth-order valence-electron chi connectivity index (χ4n) is 3.03. The standard InChI is InChI=1S/C25H27N3O5S/c1-19(2)33-23-13-9-20(10-14-23)17-26-27-25(29)18-28(21-11-15-22(32-3)16-12-21)34(30,31)24-7-5-4-6-8-24/h4-17,19H,18H2,1-3H3,(H,27,29)/b26-17-. The van der Waals surface area contributed by atoms with Gasteiger partial charge in [0.25, 0.3) is 15.9 Å². The van der Waals surface area contributed by atoms with Crippen LogP contribution in [0.3, 0.4) is 0 Å². The Morgan fingerprint density at radius 3 is 2.18 bits per heavy atom. The lowest BCUT2D eigenvalue weighted by atomic mass is 10.2.